The second kappa shape index (κ2) is 10.3. The second-order valence-electron chi connectivity index (χ2n) is 9.99. The van der Waals surface area contributed by atoms with Crippen LogP contribution in [0.2, 0.25) is 0 Å². The molecule has 3 heterocycles. The lowest BCUT2D eigenvalue weighted by Gasteiger charge is -2.16. The number of ether oxygens (including phenoxy) is 1. The minimum Gasteiger partial charge on any atom is -0.457 e. The molecule has 6 rings (SSSR count). The number of carbonyl (C=O) groups excluding carboxylic acids is 1. The number of aromatic nitrogens is 4. The van der Waals surface area contributed by atoms with Gasteiger partial charge in [0.05, 0.1) is 11.4 Å². The van der Waals surface area contributed by atoms with Gasteiger partial charge in [-0.25, -0.2) is 14.6 Å². The molecule has 0 bridgehead atoms. The predicted molar refractivity (Wildman–Crippen MR) is 147 cm³/mol. The van der Waals surface area contributed by atoms with Crippen LogP contribution in [0.1, 0.15) is 25.3 Å². The first-order chi connectivity index (χ1) is 18.6. The molecule has 2 aromatic carbocycles. The van der Waals surface area contributed by atoms with Crippen molar-refractivity contribution in [2.24, 2.45) is 0 Å². The lowest BCUT2D eigenvalue weighted by Crippen LogP contribution is -2.28. The van der Waals surface area contributed by atoms with Crippen molar-refractivity contribution in [2.45, 2.75) is 31.3 Å². The van der Waals surface area contributed by atoms with Crippen LogP contribution >= 0.6 is 0 Å². The number of para-hydroxylation sites is 1. The highest BCUT2D eigenvalue weighted by atomic mass is 16.5. The molecule has 9 nitrogen and oxygen atoms in total. The fraction of sp³-hybridized carbons (Fsp3) is 0.310. The van der Waals surface area contributed by atoms with Crippen molar-refractivity contribution in [2.75, 3.05) is 32.4 Å². The highest BCUT2D eigenvalue weighted by molar-refractivity contribution is 5.98. The van der Waals surface area contributed by atoms with Gasteiger partial charge in [0, 0.05) is 37.3 Å². The van der Waals surface area contributed by atoms with Crippen molar-refractivity contribution in [1.29, 1.82) is 0 Å². The maximum absolute atomic E-state index is 12.8. The molecule has 4 aromatic rings. The number of nitrogens with zero attached hydrogens (tertiary/aromatic N) is 6. The van der Waals surface area contributed by atoms with E-state index in [9.17, 15) is 4.79 Å². The van der Waals surface area contributed by atoms with Gasteiger partial charge in [-0.15, -0.1) is 0 Å². The van der Waals surface area contributed by atoms with Gasteiger partial charge in [0.2, 0.25) is 5.91 Å². The van der Waals surface area contributed by atoms with Crippen LogP contribution in [0.5, 0.6) is 11.5 Å². The number of anilines is 1. The first-order valence-electron chi connectivity index (χ1n) is 13.0. The normalized spacial score (nSPS) is 17.6. The lowest BCUT2D eigenvalue weighted by molar-refractivity contribution is -0.125. The fourth-order valence-electron chi connectivity index (χ4n) is 4.99. The molecule has 1 amide bonds. The van der Waals surface area contributed by atoms with E-state index in [-0.39, 0.29) is 11.9 Å². The van der Waals surface area contributed by atoms with Crippen LogP contribution in [0.25, 0.3) is 22.3 Å². The first-order valence-corrected chi connectivity index (χ1v) is 13.0. The SMILES string of the molecule is CN(CC=CC(=O)N1CC[C@@H](n2nc(-c3ccc(Oc4ccccc4)cc3)c3c(N)ncnc32)C1)C1CC1. The Kier molecular flexibility index (Phi) is 6.51. The number of benzene rings is 2. The highest BCUT2D eigenvalue weighted by Gasteiger charge is 2.30. The zero-order valence-electron chi connectivity index (χ0n) is 21.4. The van der Waals surface area contributed by atoms with E-state index in [0.29, 0.717) is 30.6 Å². The van der Waals surface area contributed by atoms with Gasteiger partial charge in [0.15, 0.2) is 5.65 Å². The van der Waals surface area contributed by atoms with Crippen LogP contribution in [-0.2, 0) is 4.79 Å². The number of likely N-dealkylation sites (tertiary alicyclic amines) is 1. The van der Waals surface area contributed by atoms with E-state index < -0.39 is 0 Å². The van der Waals surface area contributed by atoms with E-state index in [1.165, 1.54) is 19.2 Å². The third-order valence-electron chi connectivity index (χ3n) is 7.27. The molecule has 38 heavy (non-hydrogen) atoms. The number of likely N-dealkylation sites (N-methyl/N-ethyl adjacent to an activating group) is 1. The Hall–Kier alpha value is -4.24. The summed E-state index contributed by atoms with van der Waals surface area (Å²) in [5.41, 5.74) is 8.60. The predicted octanol–water partition coefficient (Wildman–Crippen LogP) is 4.29. The van der Waals surface area contributed by atoms with Crippen molar-refractivity contribution >= 4 is 22.8 Å². The Morgan fingerprint density at radius 2 is 1.84 bits per heavy atom. The summed E-state index contributed by atoms with van der Waals surface area (Å²) < 4.78 is 7.85. The molecule has 0 radical (unpaired) electrons. The van der Waals surface area contributed by atoms with Crippen molar-refractivity contribution in [3.63, 3.8) is 0 Å². The molecule has 2 aliphatic rings. The molecule has 1 atom stereocenters. The molecule has 1 saturated carbocycles. The molecular weight excluding hydrogens is 478 g/mol. The van der Waals surface area contributed by atoms with Crippen LogP contribution in [-0.4, -0.2) is 68.2 Å². The van der Waals surface area contributed by atoms with Crippen LogP contribution in [0.15, 0.2) is 73.1 Å². The summed E-state index contributed by atoms with van der Waals surface area (Å²) in [7, 11) is 2.11. The zero-order valence-corrected chi connectivity index (χ0v) is 21.4. The maximum Gasteiger partial charge on any atom is 0.246 e. The van der Waals surface area contributed by atoms with Gasteiger partial charge >= 0.3 is 0 Å². The molecule has 0 spiro atoms. The number of hydrogen-bond acceptors (Lipinski definition) is 7. The Balaban J connectivity index is 1.21. The van der Waals surface area contributed by atoms with Crippen LogP contribution < -0.4 is 10.5 Å². The van der Waals surface area contributed by atoms with E-state index >= 15 is 0 Å². The summed E-state index contributed by atoms with van der Waals surface area (Å²) in [6.45, 7) is 2.05. The molecular formula is C29H31N7O2. The number of amides is 1. The Labute approximate surface area is 221 Å². The molecule has 1 aliphatic carbocycles. The summed E-state index contributed by atoms with van der Waals surface area (Å²) in [5, 5.41) is 5.67. The number of nitrogens with two attached hydrogens (primary N) is 1. The van der Waals surface area contributed by atoms with Crippen molar-refractivity contribution in [3.05, 3.63) is 73.1 Å². The topological polar surface area (TPSA) is 102 Å². The van der Waals surface area contributed by atoms with Gasteiger partial charge in [0.1, 0.15) is 29.3 Å². The van der Waals surface area contributed by atoms with Gasteiger partial charge in [-0.1, -0.05) is 24.3 Å². The average molecular weight is 510 g/mol. The van der Waals surface area contributed by atoms with Gasteiger partial charge in [-0.2, -0.15) is 5.10 Å². The zero-order chi connectivity index (χ0) is 26.1. The fourth-order valence-corrected chi connectivity index (χ4v) is 4.99. The van der Waals surface area contributed by atoms with Crippen LogP contribution in [0.4, 0.5) is 5.82 Å². The standard InChI is InChI=1S/C29H31N7O2/c1-34(21-11-12-21)16-5-8-25(37)35-17-15-22(18-35)36-29-26(28(30)31-19-32-29)27(33-36)20-9-13-24(14-10-20)38-23-6-3-2-4-7-23/h2-10,13-14,19,21-22H,11-12,15-18H2,1H3,(H2,30,31,32)/t22-/m1/s1. The summed E-state index contributed by atoms with van der Waals surface area (Å²) in [6, 6.07) is 18.1. The number of carbonyl (C=O) groups is 1. The summed E-state index contributed by atoms with van der Waals surface area (Å²) in [4.78, 5) is 25.8. The van der Waals surface area contributed by atoms with Crippen molar-refractivity contribution in [1.82, 2.24) is 29.5 Å². The highest BCUT2D eigenvalue weighted by Crippen LogP contribution is 2.35. The molecule has 2 N–H and O–H groups in total. The number of nitrogen functional groups attached to an aromatic ring is 1. The third-order valence-corrected chi connectivity index (χ3v) is 7.27. The van der Waals surface area contributed by atoms with Crippen LogP contribution in [0, 0.1) is 0 Å². The van der Waals surface area contributed by atoms with Gasteiger partial charge < -0.3 is 15.4 Å². The molecule has 1 saturated heterocycles. The lowest BCUT2D eigenvalue weighted by atomic mass is 10.1. The van der Waals surface area contributed by atoms with Crippen molar-refractivity contribution in [3.8, 4) is 22.8 Å². The van der Waals surface area contributed by atoms with Crippen LogP contribution in [0.3, 0.4) is 0 Å². The van der Waals surface area contributed by atoms with Gasteiger partial charge in [0.25, 0.3) is 0 Å². The quantitative estimate of drug-likeness (QED) is 0.354. The maximum atomic E-state index is 12.8. The van der Waals surface area contributed by atoms with Gasteiger partial charge in [-0.05, 0) is 62.7 Å². The molecule has 0 unspecified atom stereocenters. The molecule has 9 heteroatoms. The Morgan fingerprint density at radius 3 is 2.61 bits per heavy atom. The third kappa shape index (κ3) is 4.97. The summed E-state index contributed by atoms with van der Waals surface area (Å²) in [5.74, 6) is 1.93. The monoisotopic (exact) mass is 509 g/mol. The van der Waals surface area contributed by atoms with E-state index in [4.69, 9.17) is 15.6 Å². The molecule has 2 aromatic heterocycles. The summed E-state index contributed by atoms with van der Waals surface area (Å²) in [6.07, 6.45) is 8.44. The Morgan fingerprint density at radius 1 is 1.08 bits per heavy atom. The van der Waals surface area contributed by atoms with E-state index in [1.807, 2.05) is 70.3 Å². The van der Waals surface area contributed by atoms with E-state index in [2.05, 4.69) is 21.9 Å². The number of fused-ring (bicyclic) bond motifs is 1. The molecule has 2 fully saturated rings. The second-order valence-corrected chi connectivity index (χ2v) is 9.99. The van der Waals surface area contributed by atoms with Gasteiger partial charge in [-0.3, -0.25) is 9.69 Å². The minimum absolute atomic E-state index is 0.00715. The largest absolute Gasteiger partial charge is 0.457 e. The van der Waals surface area contributed by atoms with E-state index in [1.54, 1.807) is 6.08 Å². The summed E-state index contributed by atoms with van der Waals surface area (Å²) >= 11 is 0. The number of hydrogen-bond donors (Lipinski definition) is 1. The first kappa shape index (κ1) is 24.1. The van der Waals surface area contributed by atoms with Crippen molar-refractivity contribution < 1.29 is 9.53 Å². The molecule has 1 aliphatic heterocycles. The Bertz CT molecular complexity index is 1460. The smallest absolute Gasteiger partial charge is 0.246 e. The number of rotatable bonds is 8. The molecule has 194 valence electrons. The average Bonchev–Trinajstić information content (AvgIpc) is 3.54. The minimum atomic E-state index is 0.00715. The van der Waals surface area contributed by atoms with E-state index in [0.717, 1.165) is 41.1 Å².